The fourth-order valence-electron chi connectivity index (χ4n) is 2.69. The Labute approximate surface area is 127 Å². The second kappa shape index (κ2) is 5.66. The first-order chi connectivity index (χ1) is 10.7. The lowest BCUT2D eigenvalue weighted by Gasteiger charge is -2.13. The third-order valence-corrected chi connectivity index (χ3v) is 3.81. The first-order valence-corrected chi connectivity index (χ1v) is 7.13. The lowest BCUT2D eigenvalue weighted by molar-refractivity contribution is 0.274. The highest BCUT2D eigenvalue weighted by Gasteiger charge is 2.17. The molecule has 3 rings (SSSR count). The van der Waals surface area contributed by atoms with Crippen LogP contribution in [0.15, 0.2) is 51.7 Å². The minimum absolute atomic E-state index is 0.00846. The average molecular weight is 296 g/mol. The van der Waals surface area contributed by atoms with Crippen molar-refractivity contribution in [1.29, 1.82) is 0 Å². The Morgan fingerprint density at radius 3 is 2.50 bits per heavy atom. The Morgan fingerprint density at radius 1 is 1.14 bits per heavy atom. The molecule has 0 amide bonds. The van der Waals surface area contributed by atoms with Crippen LogP contribution < -0.4 is 5.63 Å². The molecule has 1 heterocycles. The molecule has 0 atom stereocenters. The maximum absolute atomic E-state index is 11.9. The molecule has 0 aliphatic heterocycles. The van der Waals surface area contributed by atoms with Crippen molar-refractivity contribution in [3.05, 3.63) is 64.0 Å². The standard InChI is InChI=1S/C18H16O4/c1-2-11-8-14-13(12-6-4-3-5-7-12)9-16(20)22-18(14)15(10-19)17(11)21/h3-9,19,21H,2,10H2,1H3. The van der Waals surface area contributed by atoms with Crippen molar-refractivity contribution < 1.29 is 14.6 Å². The monoisotopic (exact) mass is 296 g/mol. The van der Waals surface area contributed by atoms with Crippen LogP contribution in [0.5, 0.6) is 5.75 Å². The van der Waals surface area contributed by atoms with Crippen molar-refractivity contribution in [2.24, 2.45) is 0 Å². The molecule has 1 aromatic heterocycles. The van der Waals surface area contributed by atoms with Gasteiger partial charge in [-0.25, -0.2) is 4.79 Å². The first kappa shape index (κ1) is 14.4. The minimum atomic E-state index is -0.510. The highest BCUT2D eigenvalue weighted by atomic mass is 16.4. The summed E-state index contributed by atoms with van der Waals surface area (Å²) in [5.74, 6) is -0.00846. The van der Waals surface area contributed by atoms with Crippen molar-refractivity contribution in [1.82, 2.24) is 0 Å². The molecular weight excluding hydrogens is 280 g/mol. The number of aliphatic hydroxyl groups excluding tert-OH is 1. The van der Waals surface area contributed by atoms with E-state index in [9.17, 15) is 15.0 Å². The molecule has 0 saturated heterocycles. The number of phenols is 1. The van der Waals surface area contributed by atoms with Crippen LogP contribution in [-0.2, 0) is 13.0 Å². The van der Waals surface area contributed by atoms with Crippen LogP contribution in [0.3, 0.4) is 0 Å². The molecule has 0 aliphatic carbocycles. The van der Waals surface area contributed by atoms with Gasteiger partial charge in [-0.3, -0.25) is 0 Å². The predicted molar refractivity (Wildman–Crippen MR) is 84.9 cm³/mol. The van der Waals surface area contributed by atoms with E-state index in [4.69, 9.17) is 4.42 Å². The van der Waals surface area contributed by atoms with Crippen LogP contribution in [0.4, 0.5) is 0 Å². The second-order valence-electron chi connectivity index (χ2n) is 5.10. The van der Waals surface area contributed by atoms with Crippen molar-refractivity contribution in [2.75, 3.05) is 0 Å². The van der Waals surface area contributed by atoms with Crippen LogP contribution in [0, 0.1) is 0 Å². The van der Waals surface area contributed by atoms with Gasteiger partial charge in [0.15, 0.2) is 0 Å². The molecule has 2 aromatic carbocycles. The van der Waals surface area contributed by atoms with E-state index < -0.39 is 12.2 Å². The quantitative estimate of drug-likeness (QED) is 0.728. The van der Waals surface area contributed by atoms with E-state index in [1.54, 1.807) is 0 Å². The number of benzene rings is 2. The lowest BCUT2D eigenvalue weighted by Crippen LogP contribution is -2.02. The Balaban J connectivity index is 2.46. The number of rotatable bonds is 3. The number of fused-ring (bicyclic) bond motifs is 1. The number of hydrogen-bond donors (Lipinski definition) is 2. The highest BCUT2D eigenvalue weighted by Crippen LogP contribution is 2.36. The molecule has 0 unspecified atom stereocenters. The maximum Gasteiger partial charge on any atom is 0.336 e. The Morgan fingerprint density at radius 2 is 1.86 bits per heavy atom. The Hall–Kier alpha value is -2.59. The third-order valence-electron chi connectivity index (χ3n) is 3.81. The highest BCUT2D eigenvalue weighted by molar-refractivity contribution is 5.96. The van der Waals surface area contributed by atoms with Gasteiger partial charge in [0.1, 0.15) is 11.3 Å². The molecule has 0 saturated carbocycles. The van der Waals surface area contributed by atoms with Gasteiger partial charge < -0.3 is 14.6 Å². The van der Waals surface area contributed by atoms with E-state index in [2.05, 4.69) is 0 Å². The molecular formula is C18H16O4. The minimum Gasteiger partial charge on any atom is -0.507 e. The summed E-state index contributed by atoms with van der Waals surface area (Å²) >= 11 is 0. The maximum atomic E-state index is 11.9. The summed E-state index contributed by atoms with van der Waals surface area (Å²) in [6.07, 6.45) is 0.613. The molecule has 22 heavy (non-hydrogen) atoms. The molecule has 3 aromatic rings. The summed E-state index contributed by atoms with van der Waals surface area (Å²) in [4.78, 5) is 11.9. The fraction of sp³-hybridized carbons (Fsp3) is 0.167. The molecule has 0 radical (unpaired) electrons. The van der Waals surface area contributed by atoms with Crippen molar-refractivity contribution in [2.45, 2.75) is 20.0 Å². The predicted octanol–water partition coefficient (Wildman–Crippen LogP) is 3.22. The summed E-state index contributed by atoms with van der Waals surface area (Å²) in [7, 11) is 0. The first-order valence-electron chi connectivity index (χ1n) is 7.13. The van der Waals surface area contributed by atoms with Gasteiger partial charge in [0.25, 0.3) is 0 Å². The molecule has 0 aliphatic rings. The number of aliphatic hydroxyl groups is 1. The SMILES string of the molecule is CCc1cc2c(-c3ccccc3)cc(=O)oc2c(CO)c1O. The van der Waals surface area contributed by atoms with Crippen molar-refractivity contribution >= 4 is 11.0 Å². The summed E-state index contributed by atoms with van der Waals surface area (Å²) in [5.41, 5.74) is 2.31. The number of aryl methyl sites for hydroxylation is 1. The molecule has 0 spiro atoms. The van der Waals surface area contributed by atoms with Crippen LogP contribution >= 0.6 is 0 Å². The zero-order valence-electron chi connectivity index (χ0n) is 12.2. The largest absolute Gasteiger partial charge is 0.507 e. The normalized spacial score (nSPS) is 11.0. The molecule has 4 nitrogen and oxygen atoms in total. The fourth-order valence-corrected chi connectivity index (χ4v) is 2.69. The molecule has 2 N–H and O–H groups in total. The van der Waals surface area contributed by atoms with Crippen LogP contribution in [0.1, 0.15) is 18.1 Å². The average Bonchev–Trinajstić information content (AvgIpc) is 2.54. The summed E-state index contributed by atoms with van der Waals surface area (Å²) < 4.78 is 5.25. The van der Waals surface area contributed by atoms with Gasteiger partial charge in [-0.1, -0.05) is 37.3 Å². The smallest absolute Gasteiger partial charge is 0.336 e. The summed E-state index contributed by atoms with van der Waals surface area (Å²) in [6, 6.07) is 12.8. The zero-order valence-corrected chi connectivity index (χ0v) is 12.2. The van der Waals surface area contributed by atoms with Crippen LogP contribution in [0.25, 0.3) is 22.1 Å². The van der Waals surface area contributed by atoms with Crippen LogP contribution in [-0.4, -0.2) is 10.2 Å². The van der Waals surface area contributed by atoms with E-state index in [-0.39, 0.29) is 16.9 Å². The number of hydrogen-bond acceptors (Lipinski definition) is 4. The van der Waals surface area contributed by atoms with E-state index in [0.29, 0.717) is 17.4 Å². The van der Waals surface area contributed by atoms with Crippen molar-refractivity contribution in [3.63, 3.8) is 0 Å². The van der Waals surface area contributed by atoms with Crippen LogP contribution in [0.2, 0.25) is 0 Å². The molecule has 4 heteroatoms. The molecule has 0 bridgehead atoms. The topological polar surface area (TPSA) is 70.7 Å². The van der Waals surface area contributed by atoms with Gasteiger partial charge >= 0.3 is 5.63 Å². The lowest BCUT2D eigenvalue weighted by atomic mass is 9.96. The zero-order chi connectivity index (χ0) is 15.7. The Kier molecular flexibility index (Phi) is 3.69. The summed E-state index contributed by atoms with van der Waals surface area (Å²) in [6.45, 7) is 1.53. The molecule has 0 fully saturated rings. The van der Waals surface area contributed by atoms with E-state index in [0.717, 1.165) is 11.1 Å². The van der Waals surface area contributed by atoms with Gasteiger partial charge in [0, 0.05) is 11.5 Å². The number of aromatic hydroxyl groups is 1. The van der Waals surface area contributed by atoms with Gasteiger partial charge in [0.2, 0.25) is 0 Å². The van der Waals surface area contributed by atoms with E-state index in [1.807, 2.05) is 43.3 Å². The van der Waals surface area contributed by atoms with Gasteiger partial charge in [0.05, 0.1) is 12.2 Å². The summed E-state index contributed by atoms with van der Waals surface area (Å²) in [5, 5.41) is 20.5. The van der Waals surface area contributed by atoms with Gasteiger partial charge in [-0.15, -0.1) is 0 Å². The van der Waals surface area contributed by atoms with E-state index >= 15 is 0 Å². The second-order valence-corrected chi connectivity index (χ2v) is 5.10. The van der Waals surface area contributed by atoms with E-state index in [1.165, 1.54) is 6.07 Å². The van der Waals surface area contributed by atoms with Gasteiger partial charge in [-0.2, -0.15) is 0 Å². The molecule has 112 valence electrons. The third kappa shape index (κ3) is 2.27. The Bertz CT molecular complexity index is 879. The van der Waals surface area contributed by atoms with Gasteiger partial charge in [-0.05, 0) is 29.2 Å². The van der Waals surface area contributed by atoms with Crippen molar-refractivity contribution in [3.8, 4) is 16.9 Å².